The molecular weight excluding hydrogens is 128 g/mol. The lowest BCUT2D eigenvalue weighted by molar-refractivity contribution is 0.121. The second kappa shape index (κ2) is 4.25. The average Bonchev–Trinajstić information content (AvgIpc) is 2.00. The summed E-state index contributed by atoms with van der Waals surface area (Å²) in [4.78, 5) is 0. The monoisotopic (exact) mass is 142 g/mol. The van der Waals surface area contributed by atoms with E-state index in [1.165, 1.54) is 12.2 Å². The molecule has 2 heteroatoms. The fourth-order valence-electron chi connectivity index (χ4n) is 0.650. The molecule has 0 aliphatic heterocycles. The average molecular weight is 142 g/mol. The van der Waals surface area contributed by atoms with E-state index in [-0.39, 0.29) is 6.61 Å². The van der Waals surface area contributed by atoms with Gasteiger partial charge in [-0.1, -0.05) is 25.3 Å². The number of rotatable bonds is 5. The van der Waals surface area contributed by atoms with Crippen molar-refractivity contribution >= 4 is 0 Å². The molecule has 0 aliphatic rings. The molecule has 2 N–H and O–H groups in total. The molecule has 0 saturated carbocycles. The fourth-order valence-corrected chi connectivity index (χ4v) is 0.650. The third-order valence-corrected chi connectivity index (χ3v) is 1.44. The summed E-state index contributed by atoms with van der Waals surface area (Å²) in [5.41, 5.74) is -0.997. The first-order valence-corrected chi connectivity index (χ1v) is 3.29. The summed E-state index contributed by atoms with van der Waals surface area (Å²) in [5, 5.41) is 17.9. The summed E-state index contributed by atoms with van der Waals surface area (Å²) < 4.78 is 0. The normalized spacial score (nSPS) is 11.0. The molecule has 0 aromatic heterocycles. The van der Waals surface area contributed by atoms with Crippen LogP contribution in [-0.4, -0.2) is 22.4 Å². The van der Waals surface area contributed by atoms with E-state index in [1.807, 2.05) is 0 Å². The largest absolute Gasteiger partial charge is 0.396 e. The fraction of sp³-hybridized carbons (Fsp3) is 0.500. The van der Waals surface area contributed by atoms with E-state index < -0.39 is 5.60 Å². The van der Waals surface area contributed by atoms with Crippen molar-refractivity contribution in [2.24, 2.45) is 0 Å². The van der Waals surface area contributed by atoms with Gasteiger partial charge in [-0.2, -0.15) is 0 Å². The summed E-state index contributed by atoms with van der Waals surface area (Å²) in [7, 11) is 0. The summed E-state index contributed by atoms with van der Waals surface area (Å²) in [6.07, 6.45) is 3.90. The van der Waals surface area contributed by atoms with Crippen LogP contribution in [0.4, 0.5) is 0 Å². The van der Waals surface area contributed by atoms with E-state index in [9.17, 15) is 5.11 Å². The lowest BCUT2D eigenvalue weighted by Crippen LogP contribution is -2.21. The summed E-state index contributed by atoms with van der Waals surface area (Å²) in [5.74, 6) is 0. The van der Waals surface area contributed by atoms with E-state index in [1.54, 1.807) is 0 Å². The van der Waals surface area contributed by atoms with Crippen LogP contribution in [0.1, 0.15) is 12.8 Å². The number of hydrogen-bond acceptors (Lipinski definition) is 2. The highest BCUT2D eigenvalue weighted by Crippen LogP contribution is 2.14. The molecule has 0 aromatic rings. The second-order valence-corrected chi connectivity index (χ2v) is 2.23. The quantitative estimate of drug-likeness (QED) is 0.559. The van der Waals surface area contributed by atoms with Gasteiger partial charge in [0.05, 0.1) is 0 Å². The van der Waals surface area contributed by atoms with Crippen LogP contribution in [0.3, 0.4) is 0 Å². The summed E-state index contributed by atoms with van der Waals surface area (Å²) in [6, 6.07) is 0. The highest BCUT2D eigenvalue weighted by molar-refractivity contribution is 5.07. The Morgan fingerprint density at radius 1 is 1.30 bits per heavy atom. The molecule has 0 rings (SSSR count). The van der Waals surface area contributed by atoms with Gasteiger partial charge in [0.25, 0.3) is 0 Å². The maximum absolute atomic E-state index is 9.41. The van der Waals surface area contributed by atoms with Gasteiger partial charge in [0.1, 0.15) is 5.60 Å². The molecule has 0 aliphatic carbocycles. The molecule has 0 heterocycles. The van der Waals surface area contributed by atoms with Gasteiger partial charge in [-0.05, 0) is 12.8 Å². The van der Waals surface area contributed by atoms with Crippen molar-refractivity contribution in [3.05, 3.63) is 25.3 Å². The minimum absolute atomic E-state index is 0.0873. The van der Waals surface area contributed by atoms with Gasteiger partial charge in [0.2, 0.25) is 0 Å². The highest BCUT2D eigenvalue weighted by atomic mass is 16.3. The molecule has 0 atom stereocenters. The lowest BCUT2D eigenvalue weighted by Gasteiger charge is -2.18. The van der Waals surface area contributed by atoms with Crippen molar-refractivity contribution in [2.45, 2.75) is 18.4 Å². The Bertz CT molecular complexity index is 110. The van der Waals surface area contributed by atoms with Gasteiger partial charge in [-0.15, -0.1) is 0 Å². The third kappa shape index (κ3) is 2.80. The third-order valence-electron chi connectivity index (χ3n) is 1.44. The maximum atomic E-state index is 9.41. The van der Waals surface area contributed by atoms with Gasteiger partial charge in [0, 0.05) is 6.61 Å². The maximum Gasteiger partial charge on any atom is 0.100 e. The molecule has 0 unspecified atom stereocenters. The SMILES string of the molecule is C=CC(O)(C=C)CCCO. The minimum atomic E-state index is -0.997. The predicted octanol–water partition coefficient (Wildman–Crippen LogP) is 0.862. The Kier molecular flexibility index (Phi) is 4.00. The van der Waals surface area contributed by atoms with Crippen LogP contribution in [0.2, 0.25) is 0 Å². The molecule has 58 valence electrons. The van der Waals surface area contributed by atoms with Gasteiger partial charge >= 0.3 is 0 Å². The molecule has 0 radical (unpaired) electrons. The van der Waals surface area contributed by atoms with Gasteiger partial charge < -0.3 is 10.2 Å². The molecule has 0 saturated heterocycles. The predicted molar refractivity (Wildman–Crippen MR) is 41.7 cm³/mol. The first-order valence-electron chi connectivity index (χ1n) is 3.29. The van der Waals surface area contributed by atoms with Crippen LogP contribution < -0.4 is 0 Å². The molecule has 0 amide bonds. The van der Waals surface area contributed by atoms with Gasteiger partial charge in [0.15, 0.2) is 0 Å². The molecule has 2 nitrogen and oxygen atoms in total. The van der Waals surface area contributed by atoms with Crippen LogP contribution >= 0.6 is 0 Å². The van der Waals surface area contributed by atoms with E-state index in [4.69, 9.17) is 5.11 Å². The van der Waals surface area contributed by atoms with Crippen molar-refractivity contribution in [2.75, 3.05) is 6.61 Å². The van der Waals surface area contributed by atoms with Crippen LogP contribution in [0, 0.1) is 0 Å². The minimum Gasteiger partial charge on any atom is -0.396 e. The van der Waals surface area contributed by atoms with Crippen molar-refractivity contribution in [3.8, 4) is 0 Å². The standard InChI is InChI=1S/C8H14O2/c1-3-8(10,4-2)6-5-7-9/h3-4,9-10H,1-2,5-7H2. The Morgan fingerprint density at radius 3 is 2.10 bits per heavy atom. The van der Waals surface area contributed by atoms with Crippen LogP contribution in [0.25, 0.3) is 0 Å². The first-order chi connectivity index (χ1) is 4.68. The molecular formula is C8H14O2. The summed E-state index contributed by atoms with van der Waals surface area (Å²) >= 11 is 0. The summed E-state index contributed by atoms with van der Waals surface area (Å²) in [6.45, 7) is 6.99. The molecule has 0 aromatic carbocycles. The zero-order chi connectivity index (χ0) is 8.04. The molecule has 10 heavy (non-hydrogen) atoms. The van der Waals surface area contributed by atoms with Gasteiger partial charge in [-0.25, -0.2) is 0 Å². The lowest BCUT2D eigenvalue weighted by atomic mass is 9.99. The Labute approximate surface area is 61.5 Å². The zero-order valence-corrected chi connectivity index (χ0v) is 6.08. The van der Waals surface area contributed by atoms with Crippen molar-refractivity contribution in [1.29, 1.82) is 0 Å². The van der Waals surface area contributed by atoms with E-state index in [2.05, 4.69) is 13.2 Å². The van der Waals surface area contributed by atoms with Crippen molar-refractivity contribution < 1.29 is 10.2 Å². The molecule has 0 bridgehead atoms. The van der Waals surface area contributed by atoms with Crippen LogP contribution in [0.5, 0.6) is 0 Å². The topological polar surface area (TPSA) is 40.5 Å². The molecule has 0 fully saturated rings. The second-order valence-electron chi connectivity index (χ2n) is 2.23. The van der Waals surface area contributed by atoms with Crippen LogP contribution in [0.15, 0.2) is 25.3 Å². The van der Waals surface area contributed by atoms with Crippen LogP contribution in [-0.2, 0) is 0 Å². The van der Waals surface area contributed by atoms with E-state index >= 15 is 0 Å². The van der Waals surface area contributed by atoms with Gasteiger partial charge in [-0.3, -0.25) is 0 Å². The van der Waals surface area contributed by atoms with Crippen molar-refractivity contribution in [1.82, 2.24) is 0 Å². The Balaban J connectivity index is 3.80. The first kappa shape index (κ1) is 9.40. The highest BCUT2D eigenvalue weighted by Gasteiger charge is 2.16. The number of hydrogen-bond donors (Lipinski definition) is 2. The van der Waals surface area contributed by atoms with Crippen molar-refractivity contribution in [3.63, 3.8) is 0 Å². The smallest absolute Gasteiger partial charge is 0.100 e. The Hall–Kier alpha value is -0.600. The molecule has 0 spiro atoms. The zero-order valence-electron chi connectivity index (χ0n) is 6.08. The number of aliphatic hydroxyl groups excluding tert-OH is 1. The Morgan fingerprint density at radius 2 is 1.80 bits per heavy atom. The number of aliphatic hydroxyl groups is 2. The van der Waals surface area contributed by atoms with E-state index in [0.29, 0.717) is 12.8 Å². The van der Waals surface area contributed by atoms with E-state index in [0.717, 1.165) is 0 Å².